The summed E-state index contributed by atoms with van der Waals surface area (Å²) in [6, 6.07) is 10.3. The van der Waals surface area contributed by atoms with Crippen LogP contribution in [0.1, 0.15) is 11.1 Å². The molecule has 0 radical (unpaired) electrons. The molecule has 2 aromatic rings. The van der Waals surface area contributed by atoms with E-state index in [1.54, 1.807) is 18.2 Å². The topological polar surface area (TPSA) is 82.6 Å². The Hall–Kier alpha value is -2.63. The van der Waals surface area contributed by atoms with Crippen molar-refractivity contribution in [1.29, 1.82) is 10.5 Å². The van der Waals surface area contributed by atoms with Crippen molar-refractivity contribution >= 4 is 11.6 Å². The van der Waals surface area contributed by atoms with Gasteiger partial charge in [0, 0.05) is 18.5 Å². The first-order valence-corrected chi connectivity index (χ1v) is 5.49. The summed E-state index contributed by atoms with van der Waals surface area (Å²) in [5.74, 6) is 0.471. The minimum absolute atomic E-state index is 0.356. The Morgan fingerprint density at radius 2 is 1.63 bits per heavy atom. The highest BCUT2D eigenvalue weighted by molar-refractivity contribution is 6.29. The van der Waals surface area contributed by atoms with Gasteiger partial charge >= 0.3 is 0 Å². The number of rotatable bonds is 1. The summed E-state index contributed by atoms with van der Waals surface area (Å²) >= 11 is 5.46. The fraction of sp³-hybridized carbons (Fsp3) is 0.0769. The Morgan fingerprint density at radius 3 is 2.11 bits per heavy atom. The van der Waals surface area contributed by atoms with E-state index in [1.807, 2.05) is 12.1 Å². The summed E-state index contributed by atoms with van der Waals surface area (Å²) < 4.78 is 4.79. The monoisotopic (exact) mass is 272 g/mol. The molecule has 2 aromatic heterocycles. The van der Waals surface area contributed by atoms with Crippen LogP contribution in [0.15, 0.2) is 36.7 Å². The lowest BCUT2D eigenvalue weighted by Crippen LogP contribution is -1.86. The minimum Gasteiger partial charge on any atom is -0.481 e. The molecular weight excluding hydrogens is 264 g/mol. The summed E-state index contributed by atoms with van der Waals surface area (Å²) in [5, 5.41) is 17.1. The van der Waals surface area contributed by atoms with Crippen LogP contribution in [-0.2, 0) is 0 Å². The average molecular weight is 273 g/mol. The van der Waals surface area contributed by atoms with Crippen LogP contribution in [0, 0.1) is 22.7 Å². The van der Waals surface area contributed by atoms with Crippen LogP contribution in [0.25, 0.3) is 0 Å². The van der Waals surface area contributed by atoms with Crippen LogP contribution >= 0.6 is 11.6 Å². The molecule has 0 spiro atoms. The highest BCUT2D eigenvalue weighted by Gasteiger charge is 1.92. The Balaban J connectivity index is 0.000000191. The third kappa shape index (κ3) is 5.03. The second-order valence-electron chi connectivity index (χ2n) is 3.18. The lowest BCUT2D eigenvalue weighted by atomic mass is 10.3. The highest BCUT2D eigenvalue weighted by atomic mass is 35.5. The predicted octanol–water partition coefficient (Wildman–Crippen LogP) is 2.57. The van der Waals surface area contributed by atoms with Gasteiger partial charge in [-0.15, -0.1) is 0 Å². The van der Waals surface area contributed by atoms with Gasteiger partial charge in [-0.25, -0.2) is 9.97 Å². The van der Waals surface area contributed by atoms with Crippen molar-refractivity contribution in [3.8, 4) is 18.0 Å². The molecule has 0 fully saturated rings. The van der Waals surface area contributed by atoms with E-state index in [-0.39, 0.29) is 0 Å². The molecule has 0 atom stereocenters. The number of nitriles is 2. The first-order valence-electron chi connectivity index (χ1n) is 5.11. The van der Waals surface area contributed by atoms with Gasteiger partial charge in [0.05, 0.1) is 30.4 Å². The fourth-order valence-corrected chi connectivity index (χ4v) is 1.24. The zero-order valence-corrected chi connectivity index (χ0v) is 10.8. The smallest absolute Gasteiger partial charge is 0.214 e. The molecule has 0 aliphatic rings. The van der Waals surface area contributed by atoms with Crippen molar-refractivity contribution < 1.29 is 4.74 Å². The van der Waals surface area contributed by atoms with Gasteiger partial charge in [0.15, 0.2) is 0 Å². The molecular formula is C13H9ClN4O. The minimum atomic E-state index is 0.356. The maximum absolute atomic E-state index is 8.42. The molecule has 0 unspecified atom stereocenters. The summed E-state index contributed by atoms with van der Waals surface area (Å²) in [4.78, 5) is 7.53. The molecule has 2 rings (SSSR count). The van der Waals surface area contributed by atoms with Crippen LogP contribution in [0.5, 0.6) is 5.88 Å². The number of halogens is 1. The molecule has 0 saturated heterocycles. The van der Waals surface area contributed by atoms with Crippen molar-refractivity contribution in [2.45, 2.75) is 0 Å². The Labute approximate surface area is 115 Å². The highest BCUT2D eigenvalue weighted by Crippen LogP contribution is 2.06. The first-order chi connectivity index (χ1) is 9.19. The summed E-state index contributed by atoms with van der Waals surface area (Å²) in [6.45, 7) is 0. The number of aromatic nitrogens is 2. The van der Waals surface area contributed by atoms with Crippen LogP contribution < -0.4 is 4.74 Å². The number of pyridine rings is 2. The third-order valence-corrected chi connectivity index (χ3v) is 2.14. The van der Waals surface area contributed by atoms with E-state index in [0.717, 1.165) is 0 Å². The zero-order chi connectivity index (χ0) is 14.1. The molecule has 5 nitrogen and oxygen atoms in total. The van der Waals surface area contributed by atoms with Crippen molar-refractivity contribution in [3.63, 3.8) is 0 Å². The predicted molar refractivity (Wildman–Crippen MR) is 69.5 cm³/mol. The maximum Gasteiger partial charge on any atom is 0.214 e. The van der Waals surface area contributed by atoms with Crippen molar-refractivity contribution in [3.05, 3.63) is 52.9 Å². The van der Waals surface area contributed by atoms with Crippen LogP contribution in [0.4, 0.5) is 0 Å². The number of hydrogen-bond donors (Lipinski definition) is 0. The average Bonchev–Trinajstić information content (AvgIpc) is 2.48. The molecule has 0 N–H and O–H groups in total. The lowest BCUT2D eigenvalue weighted by molar-refractivity contribution is 0.398. The SMILES string of the molecule is COc1cc(C#N)ccn1.N#Cc1ccnc(Cl)c1. The van der Waals surface area contributed by atoms with Crippen molar-refractivity contribution in [2.75, 3.05) is 7.11 Å². The summed E-state index contributed by atoms with van der Waals surface area (Å²) in [5.41, 5.74) is 1.10. The number of hydrogen-bond acceptors (Lipinski definition) is 5. The van der Waals surface area contributed by atoms with Crippen LogP contribution in [0.3, 0.4) is 0 Å². The van der Waals surface area contributed by atoms with E-state index in [9.17, 15) is 0 Å². The van der Waals surface area contributed by atoms with Crippen molar-refractivity contribution in [1.82, 2.24) is 9.97 Å². The summed E-state index contributed by atoms with van der Waals surface area (Å²) in [7, 11) is 1.52. The van der Waals surface area contributed by atoms with Crippen LogP contribution in [-0.4, -0.2) is 17.1 Å². The first kappa shape index (κ1) is 14.4. The molecule has 0 amide bonds. The van der Waals surface area contributed by atoms with Gasteiger partial charge in [-0.3, -0.25) is 0 Å². The normalized spacial score (nSPS) is 8.42. The number of ether oxygens (including phenoxy) is 1. The lowest BCUT2D eigenvalue weighted by Gasteiger charge is -1.95. The standard InChI is InChI=1S/C7H6N2O.C6H3ClN2/c1-10-7-4-6(5-8)2-3-9-7;7-6-3-5(4-8)1-2-9-6/h2-4H,1H3;1-3H. The largest absolute Gasteiger partial charge is 0.481 e. The molecule has 2 heterocycles. The molecule has 94 valence electrons. The second kappa shape index (κ2) is 7.65. The molecule has 0 bridgehead atoms. The molecule has 0 aromatic carbocycles. The van der Waals surface area contributed by atoms with Gasteiger partial charge in [0.1, 0.15) is 5.15 Å². The molecule has 0 saturated carbocycles. The molecule has 6 heteroatoms. The second-order valence-corrected chi connectivity index (χ2v) is 3.56. The molecule has 0 aliphatic carbocycles. The Bertz CT molecular complexity index is 631. The van der Waals surface area contributed by atoms with E-state index >= 15 is 0 Å². The fourth-order valence-electron chi connectivity index (χ4n) is 1.06. The van der Waals surface area contributed by atoms with E-state index in [4.69, 9.17) is 26.9 Å². The van der Waals surface area contributed by atoms with Gasteiger partial charge in [-0.05, 0) is 18.2 Å². The molecule has 19 heavy (non-hydrogen) atoms. The summed E-state index contributed by atoms with van der Waals surface area (Å²) in [6.07, 6.45) is 3.04. The number of nitrogens with zero attached hydrogens (tertiary/aromatic N) is 4. The van der Waals surface area contributed by atoms with Crippen molar-refractivity contribution in [2.24, 2.45) is 0 Å². The molecule has 0 aliphatic heterocycles. The van der Waals surface area contributed by atoms with E-state index < -0.39 is 0 Å². The van der Waals surface area contributed by atoms with Crippen LogP contribution in [0.2, 0.25) is 5.15 Å². The van der Waals surface area contributed by atoms with Gasteiger partial charge in [-0.2, -0.15) is 10.5 Å². The van der Waals surface area contributed by atoms with Gasteiger partial charge < -0.3 is 4.74 Å². The van der Waals surface area contributed by atoms with E-state index in [2.05, 4.69) is 9.97 Å². The van der Waals surface area contributed by atoms with Gasteiger partial charge in [-0.1, -0.05) is 11.6 Å². The maximum atomic E-state index is 8.42. The Morgan fingerprint density at radius 1 is 1.05 bits per heavy atom. The zero-order valence-electron chi connectivity index (χ0n) is 10.0. The van der Waals surface area contributed by atoms with E-state index in [1.165, 1.54) is 25.6 Å². The van der Waals surface area contributed by atoms with Gasteiger partial charge in [0.25, 0.3) is 0 Å². The third-order valence-electron chi connectivity index (χ3n) is 1.93. The van der Waals surface area contributed by atoms with E-state index in [0.29, 0.717) is 22.2 Å². The quantitative estimate of drug-likeness (QED) is 0.745. The Kier molecular flexibility index (Phi) is 5.81. The van der Waals surface area contributed by atoms with Gasteiger partial charge in [0.2, 0.25) is 5.88 Å². The number of methoxy groups -OCH3 is 1.